The molecule has 0 N–H and O–H groups in total. The SMILES string of the molecule is Brc1sc2ccccc2c1-c1cncnc1. The first-order valence-corrected chi connectivity index (χ1v) is 6.39. The van der Waals surface area contributed by atoms with Crippen LogP contribution >= 0.6 is 27.3 Å². The molecule has 2 nitrogen and oxygen atoms in total. The number of thiophene rings is 1. The van der Waals surface area contributed by atoms with Gasteiger partial charge in [-0.2, -0.15) is 0 Å². The molecule has 16 heavy (non-hydrogen) atoms. The average Bonchev–Trinajstić information content (AvgIpc) is 2.66. The summed E-state index contributed by atoms with van der Waals surface area (Å²) in [5, 5.41) is 1.24. The minimum atomic E-state index is 1.05. The number of hydrogen-bond donors (Lipinski definition) is 0. The lowest BCUT2D eigenvalue weighted by atomic mass is 10.1. The normalized spacial score (nSPS) is 10.8. The van der Waals surface area contributed by atoms with Crippen molar-refractivity contribution < 1.29 is 0 Å². The molecule has 3 rings (SSSR count). The van der Waals surface area contributed by atoms with E-state index >= 15 is 0 Å². The highest BCUT2D eigenvalue weighted by atomic mass is 79.9. The highest BCUT2D eigenvalue weighted by Gasteiger charge is 2.11. The van der Waals surface area contributed by atoms with Crippen LogP contribution in [-0.4, -0.2) is 9.97 Å². The number of rotatable bonds is 1. The Morgan fingerprint density at radius 3 is 2.62 bits per heavy atom. The molecule has 0 spiro atoms. The Kier molecular flexibility index (Phi) is 2.46. The predicted octanol–water partition coefficient (Wildman–Crippen LogP) is 4.12. The number of hydrogen-bond acceptors (Lipinski definition) is 3. The lowest BCUT2D eigenvalue weighted by Gasteiger charge is -1.98. The van der Waals surface area contributed by atoms with Gasteiger partial charge in [-0.05, 0) is 22.0 Å². The summed E-state index contributed by atoms with van der Waals surface area (Å²) < 4.78 is 2.40. The fourth-order valence-corrected chi connectivity index (χ4v) is 3.63. The molecule has 0 saturated carbocycles. The maximum atomic E-state index is 4.06. The zero-order valence-corrected chi connectivity index (χ0v) is 10.6. The van der Waals surface area contributed by atoms with Crippen LogP contribution in [0.5, 0.6) is 0 Å². The first-order valence-electron chi connectivity index (χ1n) is 4.78. The Hall–Kier alpha value is -1.26. The Morgan fingerprint density at radius 1 is 1.06 bits per heavy atom. The smallest absolute Gasteiger partial charge is 0.115 e. The summed E-state index contributed by atoms with van der Waals surface area (Å²) in [7, 11) is 0. The summed E-state index contributed by atoms with van der Waals surface area (Å²) in [6.45, 7) is 0. The molecule has 0 fully saturated rings. The average molecular weight is 291 g/mol. The summed E-state index contributed by atoms with van der Waals surface area (Å²) in [5.74, 6) is 0. The third-order valence-electron chi connectivity index (χ3n) is 2.40. The van der Waals surface area contributed by atoms with Gasteiger partial charge < -0.3 is 0 Å². The second kappa shape index (κ2) is 3.96. The lowest BCUT2D eigenvalue weighted by molar-refractivity contribution is 1.17. The van der Waals surface area contributed by atoms with Crippen molar-refractivity contribution in [2.24, 2.45) is 0 Å². The molecule has 0 bridgehead atoms. The maximum absolute atomic E-state index is 4.06. The van der Waals surface area contributed by atoms with E-state index < -0.39 is 0 Å². The fourth-order valence-electron chi connectivity index (χ4n) is 1.71. The van der Waals surface area contributed by atoms with Gasteiger partial charge in [-0.15, -0.1) is 11.3 Å². The van der Waals surface area contributed by atoms with Gasteiger partial charge in [0.15, 0.2) is 0 Å². The van der Waals surface area contributed by atoms with Gasteiger partial charge in [0, 0.05) is 33.6 Å². The van der Waals surface area contributed by atoms with Gasteiger partial charge in [0.1, 0.15) is 6.33 Å². The molecule has 0 aliphatic carbocycles. The van der Waals surface area contributed by atoms with Crippen LogP contribution in [0.25, 0.3) is 21.2 Å². The molecule has 0 unspecified atom stereocenters. The Morgan fingerprint density at radius 2 is 1.81 bits per heavy atom. The van der Waals surface area contributed by atoms with E-state index in [-0.39, 0.29) is 0 Å². The van der Waals surface area contributed by atoms with E-state index in [1.54, 1.807) is 17.7 Å². The molecule has 2 heterocycles. The molecule has 1 aromatic carbocycles. The van der Waals surface area contributed by atoms with E-state index in [4.69, 9.17) is 0 Å². The maximum Gasteiger partial charge on any atom is 0.115 e. The largest absolute Gasteiger partial charge is 0.244 e. The van der Waals surface area contributed by atoms with Crippen LogP contribution in [0.15, 0.2) is 46.8 Å². The van der Waals surface area contributed by atoms with Gasteiger partial charge in [0.2, 0.25) is 0 Å². The van der Waals surface area contributed by atoms with E-state index in [2.05, 4.69) is 50.2 Å². The topological polar surface area (TPSA) is 25.8 Å². The van der Waals surface area contributed by atoms with Crippen LogP contribution in [0, 0.1) is 0 Å². The van der Waals surface area contributed by atoms with Crippen LogP contribution in [0.2, 0.25) is 0 Å². The quantitative estimate of drug-likeness (QED) is 0.674. The van der Waals surface area contributed by atoms with Crippen molar-refractivity contribution >= 4 is 37.4 Å². The molecular formula is C12H7BrN2S. The first kappa shape index (κ1) is 9.93. The molecule has 2 aromatic heterocycles. The Balaban J connectivity index is 2.35. The molecule has 3 aromatic rings. The summed E-state index contributed by atoms with van der Waals surface area (Å²) >= 11 is 5.34. The van der Waals surface area contributed by atoms with Crippen LogP contribution in [0.3, 0.4) is 0 Å². The molecule has 4 heteroatoms. The number of fused-ring (bicyclic) bond motifs is 1. The number of benzene rings is 1. The molecule has 0 atom stereocenters. The standard InChI is InChI=1S/C12H7BrN2S/c13-12-11(8-5-14-7-15-6-8)9-3-1-2-4-10(9)16-12/h1-7H. The predicted molar refractivity (Wildman–Crippen MR) is 70.6 cm³/mol. The summed E-state index contributed by atoms with van der Waals surface area (Å²) in [4.78, 5) is 8.12. The van der Waals surface area contributed by atoms with Gasteiger partial charge in [-0.3, -0.25) is 0 Å². The molecule has 0 aliphatic heterocycles. The van der Waals surface area contributed by atoms with Gasteiger partial charge in [0.05, 0.1) is 3.79 Å². The Bertz CT molecular complexity index is 634. The van der Waals surface area contributed by atoms with Crippen molar-refractivity contribution in [2.75, 3.05) is 0 Å². The summed E-state index contributed by atoms with van der Waals surface area (Å²) in [6.07, 6.45) is 5.23. The first-order chi connectivity index (χ1) is 7.86. The minimum absolute atomic E-state index is 1.05. The van der Waals surface area contributed by atoms with Gasteiger partial charge in [-0.25, -0.2) is 9.97 Å². The van der Waals surface area contributed by atoms with Crippen molar-refractivity contribution in [1.82, 2.24) is 9.97 Å². The third-order valence-corrected chi connectivity index (χ3v) is 4.24. The van der Waals surface area contributed by atoms with Crippen molar-refractivity contribution in [1.29, 1.82) is 0 Å². The molecule has 0 aliphatic rings. The Labute approximate surface area is 105 Å². The highest BCUT2D eigenvalue weighted by molar-refractivity contribution is 9.11. The molecule has 0 radical (unpaired) electrons. The van der Waals surface area contributed by atoms with Crippen LogP contribution in [0.1, 0.15) is 0 Å². The lowest BCUT2D eigenvalue weighted by Crippen LogP contribution is -1.80. The molecule has 78 valence electrons. The zero-order valence-electron chi connectivity index (χ0n) is 8.22. The molecule has 0 saturated heterocycles. The van der Waals surface area contributed by atoms with E-state index in [0.29, 0.717) is 0 Å². The third kappa shape index (κ3) is 1.54. The van der Waals surface area contributed by atoms with E-state index in [1.165, 1.54) is 15.6 Å². The zero-order chi connectivity index (χ0) is 11.0. The second-order valence-corrected chi connectivity index (χ2v) is 5.74. The van der Waals surface area contributed by atoms with E-state index in [0.717, 1.165) is 9.35 Å². The van der Waals surface area contributed by atoms with Crippen LogP contribution < -0.4 is 0 Å². The van der Waals surface area contributed by atoms with Crippen molar-refractivity contribution in [3.63, 3.8) is 0 Å². The van der Waals surface area contributed by atoms with Crippen LogP contribution in [-0.2, 0) is 0 Å². The molecular weight excluding hydrogens is 284 g/mol. The van der Waals surface area contributed by atoms with Gasteiger partial charge in [0.25, 0.3) is 0 Å². The number of aromatic nitrogens is 2. The minimum Gasteiger partial charge on any atom is -0.244 e. The van der Waals surface area contributed by atoms with Crippen molar-refractivity contribution in [2.45, 2.75) is 0 Å². The second-order valence-electron chi connectivity index (χ2n) is 3.37. The fraction of sp³-hybridized carbons (Fsp3) is 0. The van der Waals surface area contributed by atoms with Gasteiger partial charge >= 0.3 is 0 Å². The van der Waals surface area contributed by atoms with Crippen molar-refractivity contribution in [3.05, 3.63) is 46.8 Å². The van der Waals surface area contributed by atoms with E-state index in [1.807, 2.05) is 12.4 Å². The molecule has 0 amide bonds. The van der Waals surface area contributed by atoms with Gasteiger partial charge in [-0.1, -0.05) is 18.2 Å². The number of nitrogens with zero attached hydrogens (tertiary/aromatic N) is 2. The monoisotopic (exact) mass is 290 g/mol. The summed E-state index contributed by atoms with van der Waals surface area (Å²) in [6, 6.07) is 8.35. The summed E-state index contributed by atoms with van der Waals surface area (Å²) in [5.41, 5.74) is 2.23. The van der Waals surface area contributed by atoms with Crippen molar-refractivity contribution in [3.8, 4) is 11.1 Å². The number of halogens is 1. The van der Waals surface area contributed by atoms with Crippen LogP contribution in [0.4, 0.5) is 0 Å². The highest BCUT2D eigenvalue weighted by Crippen LogP contribution is 2.41. The van der Waals surface area contributed by atoms with E-state index in [9.17, 15) is 0 Å².